The Morgan fingerprint density at radius 3 is 2.48 bits per heavy atom. The SMILES string of the molecule is COc1ccccc1CN(C)C(=O)[C@H]1CN(S(=O)(=O)c2ccc(Cl)cc2)c2ccccc2O1. The number of amides is 1. The largest absolute Gasteiger partial charge is 0.496 e. The molecular formula is C24H23ClN2O5S. The number of methoxy groups -OCH3 is 1. The number of carbonyl (C=O) groups excluding carboxylic acids is 1. The Bertz CT molecular complexity index is 1260. The van der Waals surface area contributed by atoms with Crippen LogP contribution in [0.2, 0.25) is 5.02 Å². The molecule has 9 heteroatoms. The lowest BCUT2D eigenvalue weighted by molar-refractivity contribution is -0.137. The first-order valence-corrected chi connectivity index (χ1v) is 12.0. The van der Waals surface area contributed by atoms with Crippen molar-refractivity contribution >= 4 is 33.2 Å². The molecule has 3 aromatic rings. The number of nitrogens with zero attached hydrogens (tertiary/aromatic N) is 2. The number of hydrogen-bond donors (Lipinski definition) is 0. The Morgan fingerprint density at radius 1 is 1.09 bits per heavy atom. The van der Waals surface area contributed by atoms with E-state index in [-0.39, 0.29) is 23.9 Å². The van der Waals surface area contributed by atoms with Gasteiger partial charge in [0, 0.05) is 24.2 Å². The summed E-state index contributed by atoms with van der Waals surface area (Å²) in [6, 6.07) is 20.1. The van der Waals surface area contributed by atoms with E-state index in [2.05, 4.69) is 0 Å². The smallest absolute Gasteiger partial charge is 0.265 e. The molecule has 7 nitrogen and oxygen atoms in total. The van der Waals surface area contributed by atoms with Gasteiger partial charge < -0.3 is 14.4 Å². The zero-order valence-corrected chi connectivity index (χ0v) is 19.7. The van der Waals surface area contributed by atoms with Crippen molar-refractivity contribution in [2.75, 3.05) is 25.0 Å². The summed E-state index contributed by atoms with van der Waals surface area (Å²) < 4.78 is 39.4. The number of carbonyl (C=O) groups is 1. The molecule has 0 saturated heterocycles. The van der Waals surface area contributed by atoms with Crippen LogP contribution in [0.1, 0.15) is 5.56 Å². The molecule has 1 amide bonds. The standard InChI is InChI=1S/C24H23ClN2O5S/c1-26(15-17-7-3-5-9-21(17)31-2)24(28)23-16-27(20-8-4-6-10-22(20)32-23)33(29,30)19-13-11-18(25)12-14-19/h3-14,23H,15-16H2,1-2H3/t23-/m1/s1. The molecule has 1 atom stereocenters. The molecule has 33 heavy (non-hydrogen) atoms. The first-order chi connectivity index (χ1) is 15.8. The highest BCUT2D eigenvalue weighted by molar-refractivity contribution is 7.92. The number of para-hydroxylation sites is 3. The quantitative estimate of drug-likeness (QED) is 0.527. The van der Waals surface area contributed by atoms with Gasteiger partial charge in [-0.05, 0) is 42.5 Å². The number of fused-ring (bicyclic) bond motifs is 1. The average Bonchev–Trinajstić information content (AvgIpc) is 2.83. The Balaban J connectivity index is 1.63. The van der Waals surface area contributed by atoms with Gasteiger partial charge in [0.2, 0.25) is 0 Å². The second kappa shape index (κ2) is 9.33. The van der Waals surface area contributed by atoms with Crippen LogP contribution >= 0.6 is 11.6 Å². The Hall–Kier alpha value is -3.23. The molecule has 0 fully saturated rings. The van der Waals surface area contributed by atoms with Crippen molar-refractivity contribution in [1.29, 1.82) is 0 Å². The molecule has 0 bridgehead atoms. The number of hydrogen-bond acceptors (Lipinski definition) is 5. The third-order valence-electron chi connectivity index (χ3n) is 5.39. The third kappa shape index (κ3) is 4.62. The van der Waals surface area contributed by atoms with Crippen LogP contribution in [0.3, 0.4) is 0 Å². The van der Waals surface area contributed by atoms with Crippen molar-refractivity contribution in [3.05, 3.63) is 83.4 Å². The van der Waals surface area contributed by atoms with E-state index in [1.807, 2.05) is 24.3 Å². The number of rotatable bonds is 6. The van der Waals surface area contributed by atoms with Crippen LogP contribution in [-0.4, -0.2) is 46.0 Å². The number of benzene rings is 3. The minimum Gasteiger partial charge on any atom is -0.496 e. The second-order valence-corrected chi connectivity index (χ2v) is 9.87. The van der Waals surface area contributed by atoms with Crippen molar-refractivity contribution in [3.63, 3.8) is 0 Å². The summed E-state index contributed by atoms with van der Waals surface area (Å²) in [5.41, 5.74) is 1.21. The van der Waals surface area contributed by atoms with Crippen LogP contribution in [0, 0.1) is 0 Å². The summed E-state index contributed by atoms with van der Waals surface area (Å²) in [6.45, 7) is 0.130. The zero-order valence-electron chi connectivity index (χ0n) is 18.1. The van der Waals surface area contributed by atoms with Gasteiger partial charge in [0.25, 0.3) is 15.9 Å². The van der Waals surface area contributed by atoms with Crippen molar-refractivity contribution in [2.45, 2.75) is 17.5 Å². The lowest BCUT2D eigenvalue weighted by atomic mass is 10.1. The molecule has 1 aliphatic rings. The highest BCUT2D eigenvalue weighted by atomic mass is 35.5. The second-order valence-electron chi connectivity index (χ2n) is 7.57. The maximum atomic E-state index is 13.5. The summed E-state index contributed by atoms with van der Waals surface area (Å²) in [6.07, 6.45) is -1.01. The predicted molar refractivity (Wildman–Crippen MR) is 126 cm³/mol. The summed E-state index contributed by atoms with van der Waals surface area (Å²) in [7, 11) is -0.730. The first-order valence-electron chi connectivity index (χ1n) is 10.2. The fraction of sp³-hybridized carbons (Fsp3) is 0.208. The van der Waals surface area contributed by atoms with Crippen molar-refractivity contribution in [2.24, 2.45) is 0 Å². The molecule has 0 N–H and O–H groups in total. The van der Waals surface area contributed by atoms with Gasteiger partial charge >= 0.3 is 0 Å². The number of sulfonamides is 1. The number of ether oxygens (including phenoxy) is 2. The monoisotopic (exact) mass is 486 g/mol. The maximum absolute atomic E-state index is 13.5. The molecule has 0 unspecified atom stereocenters. The molecule has 0 aromatic heterocycles. The topological polar surface area (TPSA) is 76.2 Å². The van der Waals surface area contributed by atoms with Crippen LogP contribution < -0.4 is 13.8 Å². The highest BCUT2D eigenvalue weighted by Gasteiger charge is 2.38. The molecule has 1 heterocycles. The summed E-state index contributed by atoms with van der Waals surface area (Å²) in [4.78, 5) is 14.9. The molecule has 0 spiro atoms. The van der Waals surface area contributed by atoms with Gasteiger partial charge in [0.05, 0.1) is 24.2 Å². The van der Waals surface area contributed by atoms with Gasteiger partial charge in [-0.25, -0.2) is 8.42 Å². The van der Waals surface area contributed by atoms with E-state index < -0.39 is 16.1 Å². The normalized spacial score (nSPS) is 15.4. The molecule has 0 aliphatic carbocycles. The van der Waals surface area contributed by atoms with Gasteiger partial charge in [0.15, 0.2) is 6.10 Å². The lowest BCUT2D eigenvalue weighted by Crippen LogP contribution is -2.50. The van der Waals surface area contributed by atoms with Gasteiger partial charge in [-0.15, -0.1) is 0 Å². The van der Waals surface area contributed by atoms with Crippen molar-refractivity contribution in [1.82, 2.24) is 4.90 Å². The lowest BCUT2D eigenvalue weighted by Gasteiger charge is -2.36. The number of halogens is 1. The van der Waals surface area contributed by atoms with Gasteiger partial charge in [-0.2, -0.15) is 0 Å². The van der Waals surface area contributed by atoms with E-state index in [9.17, 15) is 13.2 Å². The van der Waals surface area contributed by atoms with Crippen LogP contribution in [0.5, 0.6) is 11.5 Å². The molecule has 0 saturated carbocycles. The first kappa shape index (κ1) is 22.9. The molecular weight excluding hydrogens is 464 g/mol. The number of anilines is 1. The van der Waals surface area contributed by atoms with E-state index >= 15 is 0 Å². The van der Waals surface area contributed by atoms with Gasteiger partial charge in [-0.1, -0.05) is 41.9 Å². The fourth-order valence-electron chi connectivity index (χ4n) is 3.71. The number of likely N-dealkylation sites (N-methyl/N-ethyl adjacent to an activating group) is 1. The van der Waals surface area contributed by atoms with Gasteiger partial charge in [-0.3, -0.25) is 9.10 Å². The van der Waals surface area contributed by atoms with Crippen LogP contribution in [0.25, 0.3) is 0 Å². The fourth-order valence-corrected chi connectivity index (χ4v) is 5.31. The predicted octanol–water partition coefficient (Wildman–Crippen LogP) is 3.96. The van der Waals surface area contributed by atoms with E-state index in [1.54, 1.807) is 38.4 Å². The third-order valence-corrected chi connectivity index (χ3v) is 7.43. The molecule has 0 radical (unpaired) electrons. The average molecular weight is 487 g/mol. The van der Waals surface area contributed by atoms with Crippen LogP contribution in [0.4, 0.5) is 5.69 Å². The maximum Gasteiger partial charge on any atom is 0.265 e. The minimum atomic E-state index is -3.95. The Kier molecular flexibility index (Phi) is 6.49. The van der Waals surface area contributed by atoms with E-state index in [0.717, 1.165) is 5.56 Å². The van der Waals surface area contributed by atoms with Crippen molar-refractivity contribution in [3.8, 4) is 11.5 Å². The molecule has 3 aromatic carbocycles. The van der Waals surface area contributed by atoms with Crippen LogP contribution in [0.15, 0.2) is 77.7 Å². The summed E-state index contributed by atoms with van der Waals surface area (Å²) in [5.74, 6) is 0.649. The molecule has 4 rings (SSSR count). The zero-order chi connectivity index (χ0) is 23.6. The molecule has 172 valence electrons. The van der Waals surface area contributed by atoms with Gasteiger partial charge in [0.1, 0.15) is 11.5 Å². The Labute approximate surface area is 198 Å². The molecule has 1 aliphatic heterocycles. The minimum absolute atomic E-state index is 0.0807. The van der Waals surface area contributed by atoms with E-state index in [1.165, 1.54) is 33.5 Å². The summed E-state index contributed by atoms with van der Waals surface area (Å²) >= 11 is 5.93. The van der Waals surface area contributed by atoms with Crippen molar-refractivity contribution < 1.29 is 22.7 Å². The Morgan fingerprint density at radius 2 is 1.76 bits per heavy atom. The summed E-state index contributed by atoms with van der Waals surface area (Å²) in [5, 5.41) is 0.433. The van der Waals surface area contributed by atoms with E-state index in [4.69, 9.17) is 21.1 Å². The van der Waals surface area contributed by atoms with E-state index in [0.29, 0.717) is 22.2 Å². The highest BCUT2D eigenvalue weighted by Crippen LogP contribution is 2.37. The van der Waals surface area contributed by atoms with Crippen LogP contribution in [-0.2, 0) is 21.4 Å².